The van der Waals surface area contributed by atoms with E-state index >= 15 is 0 Å². The van der Waals surface area contributed by atoms with Gasteiger partial charge in [-0.05, 0) is 57.8 Å². The number of allylic oxidation sites excluding steroid dienone is 12. The van der Waals surface area contributed by atoms with Crippen LogP contribution >= 0.6 is 26.8 Å². The summed E-state index contributed by atoms with van der Waals surface area (Å²) in [6, 6.07) is 0. The van der Waals surface area contributed by atoms with E-state index in [-0.39, 0.29) is 17.9 Å². The van der Waals surface area contributed by atoms with Crippen molar-refractivity contribution in [2.24, 2.45) is 0 Å². The Morgan fingerprint density at radius 1 is 0.311 bits per heavy atom. The number of hydrogen-bond donors (Lipinski definition) is 0. The Hall–Kier alpha value is -1.30. The first kappa shape index (κ1) is 72.7. The molecule has 0 atom stereocenters. The monoisotopic (exact) mass is 1190 g/mol. The summed E-state index contributed by atoms with van der Waals surface area (Å²) in [4.78, 5) is 38.2. The second-order valence-corrected chi connectivity index (χ2v) is 54.0. The smallest absolute Gasteiger partial charge is 0.0882 e. The van der Waals surface area contributed by atoms with Gasteiger partial charge in [0.05, 0.1) is 0 Å². The van der Waals surface area contributed by atoms with Crippen molar-refractivity contribution in [3.63, 3.8) is 0 Å². The average Bonchev–Trinajstić information content (AvgIpc) is 3.40. The first-order valence-electron chi connectivity index (χ1n) is 30.7. The Morgan fingerprint density at radius 3 is 0.824 bits per heavy atom. The Bertz CT molecular complexity index is 1270. The van der Waals surface area contributed by atoms with E-state index in [1.165, 1.54) is 120 Å². The molecule has 0 fully saturated rings. The van der Waals surface area contributed by atoms with Crippen LogP contribution in [-0.2, 0) is 28.6 Å². The van der Waals surface area contributed by atoms with E-state index in [2.05, 4.69) is 101 Å². The molecule has 0 amide bonds. The van der Waals surface area contributed by atoms with Gasteiger partial charge in [-0.3, -0.25) is 0 Å². The van der Waals surface area contributed by atoms with Gasteiger partial charge in [-0.2, -0.15) is 0 Å². The molecular weight excluding hydrogens is 1080 g/mol. The van der Waals surface area contributed by atoms with Gasteiger partial charge in [-0.25, -0.2) is 0 Å². The molecule has 0 aliphatic carbocycles. The average molecular weight is 1190 g/mol. The Labute approximate surface area is 470 Å². The zero-order chi connectivity index (χ0) is 53.8. The number of esters is 3. The van der Waals surface area contributed by atoms with Gasteiger partial charge in [-0.15, -0.1) is 0 Å². The van der Waals surface area contributed by atoms with Crippen molar-refractivity contribution in [1.82, 2.24) is 0 Å². The Balaban J connectivity index is 4.78. The molecular formula is C64H114O6S3Sn. The Kier molecular flexibility index (Phi) is 59.8. The molecule has 0 saturated carbocycles. The molecule has 0 aromatic rings. The number of hydrogen-bond acceptors (Lipinski definition) is 9. The first-order chi connectivity index (χ1) is 36.4. The summed E-state index contributed by atoms with van der Waals surface area (Å²) in [5.74, 6) is 2.10. The number of ether oxygens (including phenoxy) is 3. The van der Waals surface area contributed by atoms with Gasteiger partial charge in [0.25, 0.3) is 0 Å². The third-order valence-corrected chi connectivity index (χ3v) is 52.9. The number of unbranched alkanes of at least 4 members (excludes halogenated alkanes) is 25. The van der Waals surface area contributed by atoms with Crippen LogP contribution in [0.15, 0.2) is 72.9 Å². The molecule has 6 nitrogen and oxygen atoms in total. The molecule has 0 bridgehead atoms. The zero-order valence-corrected chi connectivity index (χ0v) is 53.7. The van der Waals surface area contributed by atoms with Crippen LogP contribution in [0.5, 0.6) is 0 Å². The normalized spacial score (nSPS) is 12.3. The van der Waals surface area contributed by atoms with E-state index in [0.29, 0.717) is 39.1 Å². The van der Waals surface area contributed by atoms with Crippen LogP contribution in [0.3, 0.4) is 0 Å². The molecule has 0 aliphatic rings. The predicted octanol–water partition coefficient (Wildman–Crippen LogP) is 21.0. The Morgan fingerprint density at radius 2 is 0.554 bits per heavy atom. The fraction of sp³-hybridized carbons (Fsp3) is 0.766. The molecule has 0 rings (SSSR count). The maximum absolute atomic E-state index is 12.7. The zero-order valence-electron chi connectivity index (χ0n) is 48.4. The molecule has 0 heterocycles. The molecule has 0 N–H and O–H groups in total. The van der Waals surface area contributed by atoms with Gasteiger partial charge in [-0.1, -0.05) is 132 Å². The standard InChI is InChI=1S/3C20H36O2S.C4H9.Sn/c3*1-2-3-4-5-6-7-8-9-10-11-12-13-14-15-16-17-20(21)22-18-19-23;1-3-4-2;/h3*6-7,9-10,23H,2-5,8,11-19H2,1H3;1,3-4H2,2H3;/q;;;;+3/p-3/b3*7-6+,10-9+;;. The van der Waals surface area contributed by atoms with Crippen molar-refractivity contribution in [3.8, 4) is 0 Å². The fourth-order valence-corrected chi connectivity index (χ4v) is 46.6. The van der Waals surface area contributed by atoms with Gasteiger partial charge >= 0.3 is 284 Å². The van der Waals surface area contributed by atoms with Crippen LogP contribution in [0, 0.1) is 0 Å². The topological polar surface area (TPSA) is 78.9 Å². The van der Waals surface area contributed by atoms with Crippen LogP contribution in [0.25, 0.3) is 0 Å². The third-order valence-electron chi connectivity index (χ3n) is 12.8. The van der Waals surface area contributed by atoms with E-state index in [9.17, 15) is 14.4 Å². The molecule has 428 valence electrons. The minimum atomic E-state index is -3.02. The number of carbonyl (C=O) groups is 3. The summed E-state index contributed by atoms with van der Waals surface area (Å²) in [6.45, 7) is 10.3. The molecule has 0 aromatic carbocycles. The van der Waals surface area contributed by atoms with Crippen LogP contribution in [0.4, 0.5) is 0 Å². The van der Waals surface area contributed by atoms with Crippen molar-refractivity contribution >= 4 is 59.0 Å². The summed E-state index contributed by atoms with van der Waals surface area (Å²) in [7, 11) is 6.11. The number of carbonyl (C=O) groups excluding carboxylic acids is 3. The maximum atomic E-state index is 12.7. The van der Waals surface area contributed by atoms with E-state index < -0.39 is 14.2 Å². The molecule has 10 heteroatoms. The summed E-state index contributed by atoms with van der Waals surface area (Å²) >= 11 is -3.02. The molecule has 0 radical (unpaired) electrons. The first-order valence-corrected chi connectivity index (χ1v) is 46.2. The summed E-state index contributed by atoms with van der Waals surface area (Å²) in [5.41, 5.74) is 0. The van der Waals surface area contributed by atoms with Crippen molar-refractivity contribution in [2.45, 2.75) is 276 Å². The van der Waals surface area contributed by atoms with Crippen LogP contribution in [0.1, 0.15) is 272 Å². The van der Waals surface area contributed by atoms with Gasteiger partial charge in [0.15, 0.2) is 0 Å². The summed E-state index contributed by atoms with van der Waals surface area (Å²) in [5, 5.41) is 0. The van der Waals surface area contributed by atoms with Crippen LogP contribution < -0.4 is 0 Å². The van der Waals surface area contributed by atoms with Gasteiger partial charge in [0.2, 0.25) is 0 Å². The van der Waals surface area contributed by atoms with Crippen LogP contribution in [-0.4, -0.2) is 69.2 Å². The second-order valence-electron chi connectivity index (χ2n) is 19.9. The fourth-order valence-electron chi connectivity index (χ4n) is 8.25. The van der Waals surface area contributed by atoms with E-state index in [0.717, 1.165) is 126 Å². The van der Waals surface area contributed by atoms with E-state index in [4.69, 9.17) is 14.2 Å². The SMILES string of the molecule is CCCCC/C=C/C/C=C/CCCCCCCC(=O)OCC[S][Sn]([CH2]CCC)([S]CCOC(=O)CCCCCCC/C=C/C/C=C/CCCCC)[S]CCOC(=O)CCCCCCC/C=C/C/C=C/CCCCC. The van der Waals surface area contributed by atoms with Gasteiger partial charge < -0.3 is 0 Å². The van der Waals surface area contributed by atoms with E-state index in [1.54, 1.807) is 0 Å². The molecule has 0 spiro atoms. The van der Waals surface area contributed by atoms with Crippen molar-refractivity contribution in [3.05, 3.63) is 72.9 Å². The minimum Gasteiger partial charge on any atom is -0.0882 e. The van der Waals surface area contributed by atoms with Crippen LogP contribution in [0.2, 0.25) is 4.44 Å². The third kappa shape index (κ3) is 55.5. The molecule has 0 aromatic heterocycles. The van der Waals surface area contributed by atoms with E-state index in [1.807, 2.05) is 26.8 Å². The van der Waals surface area contributed by atoms with Gasteiger partial charge in [0, 0.05) is 0 Å². The summed E-state index contributed by atoms with van der Waals surface area (Å²) < 4.78 is 18.5. The molecule has 74 heavy (non-hydrogen) atoms. The summed E-state index contributed by atoms with van der Waals surface area (Å²) in [6.07, 6.45) is 69.8. The quantitative estimate of drug-likeness (QED) is 0.0195. The van der Waals surface area contributed by atoms with Crippen molar-refractivity contribution in [2.75, 3.05) is 37.1 Å². The van der Waals surface area contributed by atoms with Crippen molar-refractivity contribution < 1.29 is 28.6 Å². The minimum absolute atomic E-state index is 0.0852. The molecule has 0 saturated heterocycles. The predicted molar refractivity (Wildman–Crippen MR) is 334 cm³/mol. The molecule has 0 aliphatic heterocycles. The van der Waals surface area contributed by atoms with Crippen molar-refractivity contribution in [1.29, 1.82) is 0 Å². The van der Waals surface area contributed by atoms with Gasteiger partial charge in [0.1, 0.15) is 0 Å². The number of rotatable bonds is 57. The molecule has 0 unspecified atom stereocenters. The second kappa shape index (κ2) is 60.9.